The van der Waals surface area contributed by atoms with Crippen molar-refractivity contribution in [2.75, 3.05) is 0 Å². The van der Waals surface area contributed by atoms with Crippen LogP contribution in [0.2, 0.25) is 0 Å². The summed E-state index contributed by atoms with van der Waals surface area (Å²) in [4.78, 5) is 22.8. The molecule has 0 aromatic carbocycles. The van der Waals surface area contributed by atoms with Crippen molar-refractivity contribution in [2.45, 2.75) is 38.8 Å². The lowest BCUT2D eigenvalue weighted by Crippen LogP contribution is -2.47. The molecule has 1 aliphatic rings. The number of ether oxygens (including phenoxy) is 1. The fraction of sp³-hybridized carbons (Fsp3) is 0.538. The Bertz CT molecular complexity index is 419. The third-order valence-electron chi connectivity index (χ3n) is 2.48. The SMILES string of the molecule is CC(C)(C)OC(=O)N[C@H](C(=O)O)C1C=CC(O)=CC1. The number of hydrogen-bond donors (Lipinski definition) is 3. The Morgan fingerprint density at radius 3 is 2.53 bits per heavy atom. The summed E-state index contributed by atoms with van der Waals surface area (Å²) in [5.74, 6) is -1.46. The number of carboxylic acid groups (broad SMARTS) is 1. The molecule has 0 heterocycles. The Kier molecular flexibility index (Phi) is 4.58. The van der Waals surface area contributed by atoms with Crippen LogP contribution in [0.15, 0.2) is 24.0 Å². The van der Waals surface area contributed by atoms with E-state index in [4.69, 9.17) is 9.84 Å². The van der Waals surface area contributed by atoms with Crippen molar-refractivity contribution in [2.24, 2.45) is 5.92 Å². The van der Waals surface area contributed by atoms with Gasteiger partial charge in [0.25, 0.3) is 0 Å². The van der Waals surface area contributed by atoms with Gasteiger partial charge in [-0.05, 0) is 39.3 Å². The zero-order valence-electron chi connectivity index (χ0n) is 11.2. The second kappa shape index (κ2) is 5.77. The predicted octanol–water partition coefficient (Wildman–Crippen LogP) is 1.98. The summed E-state index contributed by atoms with van der Waals surface area (Å²) in [5.41, 5.74) is -0.687. The molecule has 0 aliphatic heterocycles. The van der Waals surface area contributed by atoms with Gasteiger partial charge in [0, 0.05) is 5.92 Å². The fourth-order valence-corrected chi connectivity index (χ4v) is 1.66. The Morgan fingerprint density at radius 1 is 1.47 bits per heavy atom. The lowest BCUT2D eigenvalue weighted by atomic mass is 9.92. The quantitative estimate of drug-likeness (QED) is 0.728. The van der Waals surface area contributed by atoms with Gasteiger partial charge < -0.3 is 20.3 Å². The van der Waals surface area contributed by atoms with Crippen LogP contribution in [-0.2, 0) is 9.53 Å². The molecule has 0 fully saturated rings. The molecular weight excluding hydrogens is 250 g/mol. The number of rotatable bonds is 3. The Morgan fingerprint density at radius 2 is 2.11 bits per heavy atom. The second-order valence-electron chi connectivity index (χ2n) is 5.35. The average Bonchev–Trinajstić information content (AvgIpc) is 2.24. The number of nitrogens with one attached hydrogen (secondary N) is 1. The lowest BCUT2D eigenvalue weighted by molar-refractivity contribution is -0.140. The number of carbonyl (C=O) groups is 2. The van der Waals surface area contributed by atoms with Gasteiger partial charge >= 0.3 is 12.1 Å². The van der Waals surface area contributed by atoms with Gasteiger partial charge in [-0.1, -0.05) is 6.08 Å². The van der Waals surface area contributed by atoms with Crippen LogP contribution in [0.3, 0.4) is 0 Å². The highest BCUT2D eigenvalue weighted by Crippen LogP contribution is 2.19. The summed E-state index contributed by atoms with van der Waals surface area (Å²) in [7, 11) is 0. The molecule has 19 heavy (non-hydrogen) atoms. The Hall–Kier alpha value is -1.98. The van der Waals surface area contributed by atoms with Crippen molar-refractivity contribution in [3.8, 4) is 0 Å². The molecule has 0 saturated heterocycles. The van der Waals surface area contributed by atoms with Gasteiger partial charge in [0.1, 0.15) is 17.4 Å². The molecule has 6 heteroatoms. The first-order valence-corrected chi connectivity index (χ1v) is 5.98. The molecule has 0 saturated carbocycles. The predicted molar refractivity (Wildman–Crippen MR) is 68.8 cm³/mol. The van der Waals surface area contributed by atoms with Crippen molar-refractivity contribution in [3.05, 3.63) is 24.0 Å². The number of aliphatic carboxylic acids is 1. The summed E-state index contributed by atoms with van der Waals surface area (Å²) in [6, 6.07) is -1.09. The van der Waals surface area contributed by atoms with Gasteiger partial charge in [-0.25, -0.2) is 9.59 Å². The largest absolute Gasteiger partial charge is 0.508 e. The summed E-state index contributed by atoms with van der Waals surface area (Å²) < 4.78 is 5.03. The standard InChI is InChI=1S/C13H19NO5/c1-13(2,3)19-12(18)14-10(11(16)17)8-4-6-9(15)7-5-8/h4,6-8,10,15H,5H2,1-3H3,(H,14,18)(H,16,17)/t8?,10-/m0/s1. The first-order valence-electron chi connectivity index (χ1n) is 5.98. The van der Waals surface area contributed by atoms with Crippen LogP contribution in [0, 0.1) is 5.92 Å². The van der Waals surface area contributed by atoms with E-state index in [9.17, 15) is 14.7 Å². The van der Waals surface area contributed by atoms with Crippen LogP contribution in [0.4, 0.5) is 4.79 Å². The zero-order valence-corrected chi connectivity index (χ0v) is 11.2. The lowest BCUT2D eigenvalue weighted by Gasteiger charge is -2.25. The van der Waals surface area contributed by atoms with E-state index in [2.05, 4.69) is 5.32 Å². The number of aliphatic hydroxyl groups excluding tert-OH is 1. The van der Waals surface area contributed by atoms with Crippen molar-refractivity contribution in [1.29, 1.82) is 0 Å². The molecule has 0 aromatic heterocycles. The topological polar surface area (TPSA) is 95.9 Å². The van der Waals surface area contributed by atoms with Gasteiger partial charge in [0.2, 0.25) is 0 Å². The monoisotopic (exact) mass is 269 g/mol. The van der Waals surface area contributed by atoms with E-state index in [1.807, 2.05) is 0 Å². The Balaban J connectivity index is 2.67. The maximum Gasteiger partial charge on any atom is 0.408 e. The molecule has 0 bridgehead atoms. The molecule has 6 nitrogen and oxygen atoms in total. The maximum atomic E-state index is 11.6. The summed E-state index contributed by atoms with van der Waals surface area (Å²) in [5, 5.41) is 20.7. The number of carboxylic acids is 1. The van der Waals surface area contributed by atoms with E-state index >= 15 is 0 Å². The second-order valence-corrected chi connectivity index (χ2v) is 5.35. The average molecular weight is 269 g/mol. The van der Waals surface area contributed by atoms with E-state index in [1.54, 1.807) is 26.8 Å². The van der Waals surface area contributed by atoms with Crippen molar-refractivity contribution in [3.63, 3.8) is 0 Å². The highest BCUT2D eigenvalue weighted by atomic mass is 16.6. The zero-order chi connectivity index (χ0) is 14.6. The fourth-order valence-electron chi connectivity index (χ4n) is 1.66. The van der Waals surface area contributed by atoms with E-state index in [0.29, 0.717) is 6.42 Å². The molecule has 0 spiro atoms. The molecule has 0 aromatic rings. The molecule has 3 N–H and O–H groups in total. The van der Waals surface area contributed by atoms with Gasteiger partial charge in [-0.2, -0.15) is 0 Å². The first kappa shape index (κ1) is 15.1. The normalized spacial score (nSPS) is 20.4. The van der Waals surface area contributed by atoms with Gasteiger partial charge in [-0.15, -0.1) is 0 Å². The van der Waals surface area contributed by atoms with Crippen LogP contribution in [0.5, 0.6) is 0 Å². The third kappa shape index (κ3) is 5.03. The van der Waals surface area contributed by atoms with Gasteiger partial charge in [0.05, 0.1) is 0 Å². The Labute approximate surface area is 111 Å². The number of hydrogen-bond acceptors (Lipinski definition) is 4. The minimum Gasteiger partial charge on any atom is -0.508 e. The molecule has 1 amide bonds. The third-order valence-corrected chi connectivity index (χ3v) is 2.48. The van der Waals surface area contributed by atoms with Crippen LogP contribution in [-0.4, -0.2) is 33.9 Å². The van der Waals surface area contributed by atoms with Gasteiger partial charge in [-0.3, -0.25) is 0 Å². The van der Waals surface area contributed by atoms with Crippen LogP contribution >= 0.6 is 0 Å². The number of aliphatic hydroxyl groups is 1. The molecule has 2 atom stereocenters. The number of alkyl carbamates (subject to hydrolysis) is 1. The maximum absolute atomic E-state index is 11.6. The highest BCUT2D eigenvalue weighted by Gasteiger charge is 2.30. The first-order chi connectivity index (χ1) is 8.69. The molecule has 1 aliphatic carbocycles. The molecular formula is C13H19NO5. The van der Waals surface area contributed by atoms with Crippen LogP contribution in [0.1, 0.15) is 27.2 Å². The van der Waals surface area contributed by atoms with Crippen molar-refractivity contribution in [1.82, 2.24) is 5.32 Å². The molecule has 0 radical (unpaired) electrons. The van der Waals surface area contributed by atoms with E-state index in [-0.39, 0.29) is 5.76 Å². The van der Waals surface area contributed by atoms with E-state index in [1.165, 1.54) is 12.2 Å². The summed E-state index contributed by atoms with van der Waals surface area (Å²) >= 11 is 0. The highest BCUT2D eigenvalue weighted by molar-refractivity contribution is 5.80. The number of carbonyl (C=O) groups excluding carboxylic acids is 1. The number of allylic oxidation sites excluding steroid dienone is 2. The van der Waals surface area contributed by atoms with E-state index < -0.39 is 29.6 Å². The van der Waals surface area contributed by atoms with Gasteiger partial charge in [0.15, 0.2) is 0 Å². The van der Waals surface area contributed by atoms with E-state index in [0.717, 1.165) is 0 Å². The number of amides is 1. The van der Waals surface area contributed by atoms with Crippen LogP contribution < -0.4 is 5.32 Å². The van der Waals surface area contributed by atoms with Crippen molar-refractivity contribution < 1.29 is 24.5 Å². The summed E-state index contributed by atoms with van der Waals surface area (Å²) in [6.07, 6.45) is 4.06. The molecule has 1 unspecified atom stereocenters. The van der Waals surface area contributed by atoms with Crippen LogP contribution in [0.25, 0.3) is 0 Å². The molecule has 1 rings (SSSR count). The summed E-state index contributed by atoms with van der Waals surface area (Å²) in [6.45, 7) is 5.09. The van der Waals surface area contributed by atoms with Crippen molar-refractivity contribution >= 4 is 12.1 Å². The minimum atomic E-state index is -1.14. The minimum absolute atomic E-state index is 0.0951. The smallest absolute Gasteiger partial charge is 0.408 e. The molecule has 106 valence electrons.